The lowest BCUT2D eigenvalue weighted by Crippen LogP contribution is -2.14. The fourth-order valence-corrected chi connectivity index (χ4v) is 2.87. The first-order valence-electron chi connectivity index (χ1n) is 8.85. The van der Waals surface area contributed by atoms with Crippen molar-refractivity contribution in [2.75, 3.05) is 17.7 Å². The molecular formula is C20H18FN3O4S. The maximum Gasteiger partial charge on any atom is 0.338 e. The van der Waals surface area contributed by atoms with Gasteiger partial charge in [-0.1, -0.05) is 30.8 Å². The van der Waals surface area contributed by atoms with Crippen LogP contribution < -0.4 is 5.32 Å². The van der Waals surface area contributed by atoms with Gasteiger partial charge in [0.2, 0.25) is 5.91 Å². The van der Waals surface area contributed by atoms with E-state index in [4.69, 9.17) is 9.15 Å². The number of nitrogens with one attached hydrogen (secondary N) is 1. The molecule has 0 aliphatic heterocycles. The summed E-state index contributed by atoms with van der Waals surface area (Å²) in [4.78, 5) is 23.9. The third-order valence-corrected chi connectivity index (χ3v) is 4.50. The van der Waals surface area contributed by atoms with E-state index in [1.165, 1.54) is 12.1 Å². The summed E-state index contributed by atoms with van der Waals surface area (Å²) in [5.41, 5.74) is 1.16. The molecule has 1 heterocycles. The van der Waals surface area contributed by atoms with Gasteiger partial charge in [-0.3, -0.25) is 4.79 Å². The Hall–Kier alpha value is -3.20. The van der Waals surface area contributed by atoms with Gasteiger partial charge in [-0.15, -0.1) is 10.2 Å². The maximum atomic E-state index is 13.8. The van der Waals surface area contributed by atoms with Crippen LogP contribution in [-0.4, -0.2) is 34.4 Å². The fourth-order valence-electron chi connectivity index (χ4n) is 2.30. The molecule has 0 aliphatic rings. The van der Waals surface area contributed by atoms with E-state index >= 15 is 0 Å². The number of nitrogens with zero attached hydrogens (tertiary/aromatic N) is 2. The molecule has 1 aromatic heterocycles. The van der Waals surface area contributed by atoms with Crippen LogP contribution in [0.25, 0.3) is 11.5 Å². The zero-order valence-electron chi connectivity index (χ0n) is 15.6. The second kappa shape index (κ2) is 9.83. The number of ether oxygens (including phenoxy) is 1. The minimum absolute atomic E-state index is 0.0270. The number of rotatable bonds is 8. The van der Waals surface area contributed by atoms with Gasteiger partial charge >= 0.3 is 5.97 Å². The zero-order chi connectivity index (χ0) is 20.6. The van der Waals surface area contributed by atoms with Gasteiger partial charge in [-0.25, -0.2) is 9.18 Å². The summed E-state index contributed by atoms with van der Waals surface area (Å²) in [6, 6.07) is 12.5. The van der Waals surface area contributed by atoms with Crippen molar-refractivity contribution in [2.24, 2.45) is 0 Å². The van der Waals surface area contributed by atoms with Gasteiger partial charge in [0.05, 0.1) is 23.5 Å². The molecule has 9 heteroatoms. The van der Waals surface area contributed by atoms with Crippen LogP contribution >= 0.6 is 11.8 Å². The summed E-state index contributed by atoms with van der Waals surface area (Å²) in [6.07, 6.45) is 0.749. The minimum atomic E-state index is -0.465. The molecule has 150 valence electrons. The highest BCUT2D eigenvalue weighted by atomic mass is 32.2. The van der Waals surface area contributed by atoms with Crippen molar-refractivity contribution in [1.29, 1.82) is 0 Å². The molecular weight excluding hydrogens is 397 g/mol. The Kier molecular flexibility index (Phi) is 6.96. The second-order valence-electron chi connectivity index (χ2n) is 5.90. The number of hydrogen-bond acceptors (Lipinski definition) is 7. The van der Waals surface area contributed by atoms with Gasteiger partial charge in [-0.2, -0.15) is 0 Å². The second-order valence-corrected chi connectivity index (χ2v) is 6.83. The molecule has 0 unspecified atom stereocenters. The number of carbonyl (C=O) groups excluding carboxylic acids is 2. The minimum Gasteiger partial charge on any atom is -0.462 e. The smallest absolute Gasteiger partial charge is 0.338 e. The molecule has 0 saturated carbocycles. The van der Waals surface area contributed by atoms with Crippen molar-refractivity contribution in [3.05, 3.63) is 59.9 Å². The van der Waals surface area contributed by atoms with Crippen LogP contribution in [0.4, 0.5) is 10.1 Å². The number of aromatic nitrogens is 2. The predicted molar refractivity (Wildman–Crippen MR) is 106 cm³/mol. The van der Waals surface area contributed by atoms with Gasteiger partial charge in [0.25, 0.3) is 11.1 Å². The highest BCUT2D eigenvalue weighted by Crippen LogP contribution is 2.25. The van der Waals surface area contributed by atoms with E-state index in [1.54, 1.807) is 36.4 Å². The van der Waals surface area contributed by atoms with Gasteiger partial charge in [0.1, 0.15) is 5.82 Å². The van der Waals surface area contributed by atoms with Crippen LogP contribution in [0.2, 0.25) is 0 Å². The summed E-state index contributed by atoms with van der Waals surface area (Å²) in [5, 5.41) is 10.5. The normalized spacial score (nSPS) is 10.6. The quantitative estimate of drug-likeness (QED) is 0.436. The monoisotopic (exact) mass is 415 g/mol. The molecule has 0 spiro atoms. The molecule has 0 atom stereocenters. The fraction of sp³-hybridized carbons (Fsp3) is 0.200. The Morgan fingerprint density at radius 1 is 1.14 bits per heavy atom. The van der Waals surface area contributed by atoms with Crippen molar-refractivity contribution >= 4 is 29.3 Å². The van der Waals surface area contributed by atoms with Gasteiger partial charge in [-0.05, 0) is 42.8 Å². The number of carbonyl (C=O) groups is 2. The van der Waals surface area contributed by atoms with E-state index in [-0.39, 0.29) is 28.3 Å². The van der Waals surface area contributed by atoms with E-state index < -0.39 is 11.8 Å². The third-order valence-electron chi connectivity index (χ3n) is 3.68. The molecule has 0 bridgehead atoms. The summed E-state index contributed by atoms with van der Waals surface area (Å²) in [6.45, 7) is 2.28. The number of hydrogen-bond donors (Lipinski definition) is 1. The SMILES string of the molecule is CCCOC(=O)c1ccc(NC(=O)CSc2nnc(-c3ccccc3F)o2)cc1. The largest absolute Gasteiger partial charge is 0.462 e. The first-order valence-corrected chi connectivity index (χ1v) is 9.83. The van der Waals surface area contributed by atoms with Crippen LogP contribution in [0, 0.1) is 5.82 Å². The highest BCUT2D eigenvalue weighted by molar-refractivity contribution is 7.99. The van der Waals surface area contributed by atoms with Crippen molar-refractivity contribution in [3.8, 4) is 11.5 Å². The molecule has 0 saturated heterocycles. The number of amides is 1. The Morgan fingerprint density at radius 2 is 1.90 bits per heavy atom. The third kappa shape index (κ3) is 5.64. The average molecular weight is 415 g/mol. The number of benzene rings is 2. The predicted octanol–water partition coefficient (Wildman–Crippen LogP) is 4.17. The Balaban J connectivity index is 1.51. The maximum absolute atomic E-state index is 13.8. The highest BCUT2D eigenvalue weighted by Gasteiger charge is 2.14. The van der Waals surface area contributed by atoms with E-state index in [0.717, 1.165) is 18.2 Å². The molecule has 0 fully saturated rings. The molecule has 2 aromatic carbocycles. The molecule has 3 aromatic rings. The van der Waals surface area contributed by atoms with Gasteiger partial charge in [0, 0.05) is 5.69 Å². The van der Waals surface area contributed by atoms with E-state index in [0.29, 0.717) is 17.9 Å². The van der Waals surface area contributed by atoms with E-state index in [9.17, 15) is 14.0 Å². The molecule has 7 nitrogen and oxygen atoms in total. The molecule has 1 amide bonds. The lowest BCUT2D eigenvalue weighted by atomic mass is 10.2. The molecule has 3 rings (SSSR count). The van der Waals surface area contributed by atoms with Crippen molar-refractivity contribution in [1.82, 2.24) is 10.2 Å². The number of anilines is 1. The van der Waals surface area contributed by atoms with Crippen LogP contribution in [0.5, 0.6) is 0 Å². The molecule has 0 radical (unpaired) electrons. The van der Waals surface area contributed by atoms with Gasteiger partial charge < -0.3 is 14.5 Å². The summed E-state index contributed by atoms with van der Waals surface area (Å²) in [7, 11) is 0. The first-order chi connectivity index (χ1) is 14.1. The standard InChI is InChI=1S/C20H18FN3O4S/c1-2-11-27-19(26)13-7-9-14(10-8-13)22-17(25)12-29-20-24-23-18(28-20)15-5-3-4-6-16(15)21/h3-10H,2,11-12H2,1H3,(H,22,25). The molecule has 29 heavy (non-hydrogen) atoms. The van der Waals surface area contributed by atoms with E-state index in [1.807, 2.05) is 6.92 Å². The topological polar surface area (TPSA) is 94.3 Å². The number of halogens is 1. The Labute approximate surface area is 170 Å². The van der Waals surface area contributed by atoms with E-state index in [2.05, 4.69) is 15.5 Å². The Bertz CT molecular complexity index is 991. The van der Waals surface area contributed by atoms with Crippen LogP contribution in [0.1, 0.15) is 23.7 Å². The van der Waals surface area contributed by atoms with Crippen LogP contribution in [-0.2, 0) is 9.53 Å². The van der Waals surface area contributed by atoms with Crippen molar-refractivity contribution in [2.45, 2.75) is 18.6 Å². The lowest BCUT2D eigenvalue weighted by molar-refractivity contribution is -0.113. The zero-order valence-corrected chi connectivity index (χ0v) is 16.4. The molecule has 0 aliphatic carbocycles. The van der Waals surface area contributed by atoms with Gasteiger partial charge in [0.15, 0.2) is 0 Å². The summed E-state index contributed by atoms with van der Waals surface area (Å²) < 4.78 is 24.2. The first kappa shape index (κ1) is 20.5. The summed E-state index contributed by atoms with van der Waals surface area (Å²) >= 11 is 1.04. The van der Waals surface area contributed by atoms with Crippen LogP contribution in [0.15, 0.2) is 58.2 Å². The van der Waals surface area contributed by atoms with Crippen LogP contribution in [0.3, 0.4) is 0 Å². The number of thioether (sulfide) groups is 1. The average Bonchev–Trinajstić information content (AvgIpc) is 3.20. The van der Waals surface area contributed by atoms with Crippen molar-refractivity contribution < 1.29 is 23.1 Å². The molecule has 1 N–H and O–H groups in total. The number of esters is 1. The lowest BCUT2D eigenvalue weighted by Gasteiger charge is -2.06. The Morgan fingerprint density at radius 3 is 2.62 bits per heavy atom. The van der Waals surface area contributed by atoms with Crippen molar-refractivity contribution in [3.63, 3.8) is 0 Å². The summed E-state index contributed by atoms with van der Waals surface area (Å²) in [5.74, 6) is -1.08.